The van der Waals surface area contributed by atoms with E-state index >= 15 is 0 Å². The summed E-state index contributed by atoms with van der Waals surface area (Å²) in [5, 5.41) is 9.55. The summed E-state index contributed by atoms with van der Waals surface area (Å²) < 4.78 is 24.2. The van der Waals surface area contributed by atoms with Crippen LogP contribution < -0.4 is 5.14 Å². The van der Waals surface area contributed by atoms with E-state index in [4.69, 9.17) is 5.14 Å². The lowest BCUT2D eigenvalue weighted by Crippen LogP contribution is -2.12. The first-order chi connectivity index (χ1) is 8.84. The molecule has 0 radical (unpaired) electrons. The van der Waals surface area contributed by atoms with Crippen molar-refractivity contribution in [2.24, 2.45) is 5.14 Å². The van der Waals surface area contributed by atoms with Gasteiger partial charge in [0.25, 0.3) is 0 Å². The van der Waals surface area contributed by atoms with Crippen LogP contribution in [0, 0.1) is 13.8 Å². The maximum Gasteiger partial charge on any atom is 0.238 e. The molecule has 0 bridgehead atoms. The number of primary sulfonamides is 1. The van der Waals surface area contributed by atoms with Gasteiger partial charge in [-0.05, 0) is 50.1 Å². The van der Waals surface area contributed by atoms with Crippen molar-refractivity contribution >= 4 is 10.0 Å². The van der Waals surface area contributed by atoms with Crippen molar-refractivity contribution in [3.8, 4) is 5.69 Å². The normalized spacial score (nSPS) is 11.8. The minimum absolute atomic E-state index is 0.105. The van der Waals surface area contributed by atoms with Gasteiger partial charge >= 0.3 is 0 Å². The molecule has 0 amide bonds. The predicted octanol–water partition coefficient (Wildman–Crippen LogP) is 1.70. The number of aryl methyl sites for hydroxylation is 1. The Morgan fingerprint density at radius 3 is 2.21 bits per heavy atom. The lowest BCUT2D eigenvalue weighted by molar-refractivity contribution is 0.598. The fourth-order valence-corrected chi connectivity index (χ4v) is 2.73. The van der Waals surface area contributed by atoms with E-state index in [9.17, 15) is 8.42 Å². The molecular formula is C13H17N3O2S. The van der Waals surface area contributed by atoms with Gasteiger partial charge in [0, 0.05) is 5.69 Å². The summed E-state index contributed by atoms with van der Waals surface area (Å²) in [7, 11) is -3.65. The lowest BCUT2D eigenvalue weighted by atomic mass is 10.1. The molecule has 2 N–H and O–H groups in total. The molecule has 0 aliphatic heterocycles. The largest absolute Gasteiger partial charge is 0.238 e. The summed E-state index contributed by atoms with van der Waals surface area (Å²) in [6, 6.07) is 6.40. The Labute approximate surface area is 113 Å². The van der Waals surface area contributed by atoms with Crippen LogP contribution in [-0.4, -0.2) is 18.2 Å². The maximum absolute atomic E-state index is 11.2. The van der Waals surface area contributed by atoms with E-state index in [2.05, 4.69) is 12.0 Å². The molecule has 0 unspecified atom stereocenters. The van der Waals surface area contributed by atoms with Crippen LogP contribution in [0.5, 0.6) is 0 Å². The molecule has 6 heteroatoms. The van der Waals surface area contributed by atoms with Crippen molar-refractivity contribution in [3.63, 3.8) is 0 Å². The average molecular weight is 279 g/mol. The second-order valence-corrected chi connectivity index (χ2v) is 6.02. The van der Waals surface area contributed by atoms with E-state index in [1.54, 1.807) is 12.1 Å². The summed E-state index contributed by atoms with van der Waals surface area (Å²) in [6.07, 6.45) is 0.924. The van der Waals surface area contributed by atoms with Crippen LogP contribution >= 0.6 is 0 Å². The van der Waals surface area contributed by atoms with Crippen LogP contribution in [0.15, 0.2) is 29.2 Å². The van der Waals surface area contributed by atoms with Crippen molar-refractivity contribution in [3.05, 3.63) is 41.2 Å². The number of nitrogens with zero attached hydrogens (tertiary/aromatic N) is 2. The molecule has 102 valence electrons. The van der Waals surface area contributed by atoms with Gasteiger partial charge in [-0.3, -0.25) is 0 Å². The zero-order chi connectivity index (χ0) is 14.2. The topological polar surface area (TPSA) is 78.0 Å². The zero-order valence-electron chi connectivity index (χ0n) is 11.2. The smallest absolute Gasteiger partial charge is 0.238 e. The van der Waals surface area contributed by atoms with E-state index < -0.39 is 10.0 Å². The zero-order valence-corrected chi connectivity index (χ0v) is 12.0. The van der Waals surface area contributed by atoms with Gasteiger partial charge in [-0.15, -0.1) is 0 Å². The molecule has 0 saturated carbocycles. The molecule has 2 rings (SSSR count). The third-order valence-corrected chi connectivity index (χ3v) is 4.13. The van der Waals surface area contributed by atoms with Crippen molar-refractivity contribution in [1.82, 2.24) is 9.78 Å². The van der Waals surface area contributed by atoms with Crippen molar-refractivity contribution in [1.29, 1.82) is 0 Å². The highest BCUT2D eigenvalue weighted by molar-refractivity contribution is 7.89. The van der Waals surface area contributed by atoms with Gasteiger partial charge in [0.1, 0.15) is 0 Å². The highest BCUT2D eigenvalue weighted by Gasteiger charge is 2.12. The van der Waals surface area contributed by atoms with E-state index in [1.807, 2.05) is 18.5 Å². The molecule has 0 aliphatic carbocycles. The van der Waals surface area contributed by atoms with Crippen LogP contribution in [0.4, 0.5) is 0 Å². The van der Waals surface area contributed by atoms with E-state index in [0.717, 1.165) is 23.5 Å². The van der Waals surface area contributed by atoms with Crippen molar-refractivity contribution in [2.45, 2.75) is 32.1 Å². The first kappa shape index (κ1) is 13.8. The second-order valence-electron chi connectivity index (χ2n) is 4.45. The molecule has 0 spiro atoms. The molecule has 2 aromatic rings. The van der Waals surface area contributed by atoms with Gasteiger partial charge in [-0.2, -0.15) is 5.10 Å². The summed E-state index contributed by atoms with van der Waals surface area (Å²) in [4.78, 5) is 0.105. The fraction of sp³-hybridized carbons (Fsp3) is 0.308. The first-order valence-electron chi connectivity index (χ1n) is 6.03. The van der Waals surface area contributed by atoms with Gasteiger partial charge in [0.2, 0.25) is 10.0 Å². The summed E-state index contributed by atoms with van der Waals surface area (Å²) in [5.74, 6) is 0. The van der Waals surface area contributed by atoms with E-state index in [1.165, 1.54) is 17.7 Å². The molecule has 1 heterocycles. The molecule has 0 saturated heterocycles. The predicted molar refractivity (Wildman–Crippen MR) is 73.8 cm³/mol. The van der Waals surface area contributed by atoms with Crippen molar-refractivity contribution < 1.29 is 8.42 Å². The number of benzene rings is 1. The Morgan fingerprint density at radius 1 is 1.21 bits per heavy atom. The van der Waals surface area contributed by atoms with Crippen LogP contribution in [0.3, 0.4) is 0 Å². The highest BCUT2D eigenvalue weighted by atomic mass is 32.2. The monoisotopic (exact) mass is 279 g/mol. The number of rotatable bonds is 3. The molecule has 19 heavy (non-hydrogen) atoms. The van der Waals surface area contributed by atoms with Crippen molar-refractivity contribution in [2.75, 3.05) is 0 Å². The van der Waals surface area contributed by atoms with Crippen LogP contribution in [0.25, 0.3) is 5.69 Å². The summed E-state index contributed by atoms with van der Waals surface area (Å²) in [5.41, 5.74) is 4.11. The fourth-order valence-electron chi connectivity index (χ4n) is 2.22. The molecule has 0 atom stereocenters. The maximum atomic E-state index is 11.2. The van der Waals surface area contributed by atoms with Gasteiger partial charge in [0.05, 0.1) is 16.3 Å². The van der Waals surface area contributed by atoms with Gasteiger partial charge < -0.3 is 0 Å². The number of sulfonamides is 1. The van der Waals surface area contributed by atoms with Crippen LogP contribution in [0.2, 0.25) is 0 Å². The van der Waals surface area contributed by atoms with E-state index in [-0.39, 0.29) is 4.90 Å². The first-order valence-corrected chi connectivity index (χ1v) is 7.57. The third-order valence-electron chi connectivity index (χ3n) is 3.20. The Bertz CT molecular complexity index is 700. The Balaban J connectivity index is 2.49. The van der Waals surface area contributed by atoms with Gasteiger partial charge in [-0.25, -0.2) is 18.2 Å². The quantitative estimate of drug-likeness (QED) is 0.928. The Morgan fingerprint density at radius 2 is 1.79 bits per heavy atom. The summed E-state index contributed by atoms with van der Waals surface area (Å²) in [6.45, 7) is 6.07. The van der Waals surface area contributed by atoms with Gasteiger partial charge in [0.15, 0.2) is 0 Å². The molecule has 1 aromatic heterocycles. The number of hydrogen-bond donors (Lipinski definition) is 1. The number of nitrogens with two attached hydrogens (primary N) is 1. The number of aromatic nitrogens is 2. The summed E-state index contributed by atoms with van der Waals surface area (Å²) >= 11 is 0. The van der Waals surface area contributed by atoms with E-state index in [0.29, 0.717) is 0 Å². The SMILES string of the molecule is CCc1c(C)nn(-c2ccc(S(N)(=O)=O)cc2)c1C. The molecule has 5 nitrogen and oxygen atoms in total. The Hall–Kier alpha value is -1.66. The molecule has 0 fully saturated rings. The second kappa shape index (κ2) is 4.79. The highest BCUT2D eigenvalue weighted by Crippen LogP contribution is 2.19. The van der Waals surface area contributed by atoms with Crippen LogP contribution in [0.1, 0.15) is 23.9 Å². The number of hydrogen-bond acceptors (Lipinski definition) is 3. The minimum atomic E-state index is -3.65. The minimum Gasteiger partial charge on any atom is -0.238 e. The molecule has 0 aliphatic rings. The van der Waals surface area contributed by atoms with Gasteiger partial charge in [-0.1, -0.05) is 6.92 Å². The Kier molecular flexibility index (Phi) is 3.47. The van der Waals surface area contributed by atoms with Crippen LogP contribution in [-0.2, 0) is 16.4 Å². The molecule has 1 aromatic carbocycles. The third kappa shape index (κ3) is 2.54. The molecular weight excluding hydrogens is 262 g/mol. The standard InChI is InChI=1S/C13H17N3O2S/c1-4-13-9(2)15-16(10(13)3)11-5-7-12(8-6-11)19(14,17)18/h5-8H,4H2,1-3H3,(H2,14,17,18). The average Bonchev–Trinajstić information content (AvgIpc) is 2.63. The lowest BCUT2D eigenvalue weighted by Gasteiger charge is -2.06.